The summed E-state index contributed by atoms with van der Waals surface area (Å²) >= 11 is 0. The van der Waals surface area contributed by atoms with E-state index in [1.54, 1.807) is 0 Å². The smallest absolute Gasteiger partial charge is 0.462 e. The Balaban J connectivity index is 5.39. The van der Waals surface area contributed by atoms with Crippen LogP contribution in [0.1, 0.15) is 297 Å². The number of ether oxygens (including phenoxy) is 4. The van der Waals surface area contributed by atoms with Gasteiger partial charge in [-0.3, -0.25) is 37.3 Å². The van der Waals surface area contributed by atoms with Gasteiger partial charge >= 0.3 is 39.5 Å². The lowest BCUT2D eigenvalue weighted by molar-refractivity contribution is -0.161. The number of esters is 4. The van der Waals surface area contributed by atoms with Gasteiger partial charge in [0.1, 0.15) is 19.3 Å². The summed E-state index contributed by atoms with van der Waals surface area (Å²) in [5, 5.41) is 10.6. The highest BCUT2D eigenvalue weighted by Gasteiger charge is 2.30. The molecule has 0 fully saturated rings. The summed E-state index contributed by atoms with van der Waals surface area (Å²) in [4.78, 5) is 72.8. The van der Waals surface area contributed by atoms with Crippen molar-refractivity contribution >= 4 is 39.5 Å². The molecule has 0 radical (unpaired) electrons. The Kier molecular flexibility index (Phi) is 67.6. The van der Waals surface area contributed by atoms with Crippen LogP contribution in [0.4, 0.5) is 0 Å². The lowest BCUT2D eigenvalue weighted by atomic mass is 10.1. The fourth-order valence-electron chi connectivity index (χ4n) is 9.65. The van der Waals surface area contributed by atoms with Crippen molar-refractivity contribution in [3.63, 3.8) is 0 Å². The van der Waals surface area contributed by atoms with Gasteiger partial charge in [-0.05, 0) is 148 Å². The molecule has 5 atom stereocenters. The Morgan fingerprint density at radius 1 is 0.296 bits per heavy atom. The number of hydrogen-bond acceptors (Lipinski definition) is 15. The van der Waals surface area contributed by atoms with Crippen molar-refractivity contribution in [1.29, 1.82) is 0 Å². The lowest BCUT2D eigenvalue weighted by Crippen LogP contribution is -2.30. The second-order valence-electron chi connectivity index (χ2n) is 24.8. The lowest BCUT2D eigenvalue weighted by Gasteiger charge is -2.21. The van der Waals surface area contributed by atoms with Gasteiger partial charge in [-0.1, -0.05) is 246 Å². The van der Waals surface area contributed by atoms with Crippen LogP contribution in [0, 0.1) is 0 Å². The van der Waals surface area contributed by atoms with E-state index in [0.29, 0.717) is 25.7 Å². The van der Waals surface area contributed by atoms with E-state index in [9.17, 15) is 43.2 Å². The Bertz CT molecular complexity index is 2340. The van der Waals surface area contributed by atoms with Crippen LogP contribution >= 0.6 is 15.6 Å². The Morgan fingerprint density at radius 3 is 0.878 bits per heavy atom. The third kappa shape index (κ3) is 69.9. The van der Waals surface area contributed by atoms with Crippen LogP contribution in [0.5, 0.6) is 0 Å². The van der Waals surface area contributed by atoms with Gasteiger partial charge in [-0.2, -0.15) is 0 Å². The van der Waals surface area contributed by atoms with Crippen LogP contribution < -0.4 is 0 Å². The highest BCUT2D eigenvalue weighted by molar-refractivity contribution is 7.47. The van der Waals surface area contributed by atoms with Crippen molar-refractivity contribution in [2.45, 2.75) is 316 Å². The molecule has 98 heavy (non-hydrogen) atoms. The monoisotopic (exact) mass is 1420 g/mol. The van der Waals surface area contributed by atoms with Crippen molar-refractivity contribution in [3.8, 4) is 0 Å². The molecule has 0 saturated heterocycles. The second-order valence-corrected chi connectivity index (χ2v) is 27.7. The summed E-state index contributed by atoms with van der Waals surface area (Å²) in [6.07, 6.45) is 76.3. The van der Waals surface area contributed by atoms with Crippen molar-refractivity contribution in [3.05, 3.63) is 122 Å². The van der Waals surface area contributed by atoms with E-state index in [1.807, 2.05) is 0 Å². The highest BCUT2D eigenvalue weighted by Crippen LogP contribution is 2.45. The van der Waals surface area contributed by atoms with Gasteiger partial charge in [-0.25, -0.2) is 9.13 Å². The van der Waals surface area contributed by atoms with E-state index >= 15 is 0 Å². The average molecular weight is 1420 g/mol. The average Bonchev–Trinajstić information content (AvgIpc) is 0.986. The molecule has 562 valence electrons. The zero-order valence-electron chi connectivity index (χ0n) is 61.2. The largest absolute Gasteiger partial charge is 0.472 e. The SMILES string of the molecule is CC/C=C\C/C=C\C/C=C\C/C=C\CCCCCCC(=O)OCC(COP(=O)(O)OCC(O)COP(=O)(O)OCC(COC(=O)CCCC/C=C\C/C=C\C/C=C\C/C=C\CC)OC(=O)CCCCCCC/C=C\CCCC)OC(=O)CCCCCCC/C=C\CCCCCCCC. The molecule has 0 amide bonds. The first kappa shape index (κ1) is 93.5. The number of phosphoric acid groups is 2. The number of rotatable bonds is 70. The fraction of sp³-hybridized carbons (Fsp3) is 0.696. The summed E-state index contributed by atoms with van der Waals surface area (Å²) in [6, 6.07) is 0. The highest BCUT2D eigenvalue weighted by atomic mass is 31.2. The summed E-state index contributed by atoms with van der Waals surface area (Å²) in [5.41, 5.74) is 0. The molecule has 0 aliphatic rings. The maximum Gasteiger partial charge on any atom is 0.472 e. The maximum atomic E-state index is 13.1. The Morgan fingerprint density at radius 2 is 0.541 bits per heavy atom. The Hall–Kier alpha value is -4.54. The molecule has 17 nitrogen and oxygen atoms in total. The minimum absolute atomic E-state index is 0.0727. The Labute approximate surface area is 593 Å². The van der Waals surface area contributed by atoms with Crippen molar-refractivity contribution in [1.82, 2.24) is 0 Å². The number of aliphatic hydroxyl groups is 1. The minimum Gasteiger partial charge on any atom is -0.462 e. The number of aliphatic hydroxyl groups excluding tert-OH is 1. The number of unbranched alkanes of at least 4 members (excludes halogenated alkanes) is 24. The first-order chi connectivity index (χ1) is 47.7. The zero-order valence-corrected chi connectivity index (χ0v) is 63.0. The quantitative estimate of drug-likeness (QED) is 0.0169. The van der Waals surface area contributed by atoms with E-state index < -0.39 is 97.5 Å². The molecule has 0 bridgehead atoms. The molecule has 0 aliphatic carbocycles. The molecule has 0 aliphatic heterocycles. The molecular weight excluding hydrogens is 1280 g/mol. The molecule has 0 heterocycles. The van der Waals surface area contributed by atoms with Gasteiger partial charge < -0.3 is 33.8 Å². The van der Waals surface area contributed by atoms with E-state index in [1.165, 1.54) is 51.4 Å². The molecule has 3 N–H and O–H groups in total. The molecule has 5 unspecified atom stereocenters. The first-order valence-electron chi connectivity index (χ1n) is 37.8. The van der Waals surface area contributed by atoms with Crippen molar-refractivity contribution < 1.29 is 80.2 Å². The molecule has 0 aromatic carbocycles. The zero-order chi connectivity index (χ0) is 71.8. The maximum absolute atomic E-state index is 13.1. The van der Waals surface area contributed by atoms with Gasteiger partial charge in [0.25, 0.3) is 0 Å². The topological polar surface area (TPSA) is 237 Å². The standard InChI is InChI=1S/C79H134O17P2/c1-5-9-13-17-21-25-29-32-35-36-39-41-45-48-52-56-60-64-77(82)90-70-75(96-79(84)66-62-58-54-50-46-42-38-34-31-27-23-19-15-11-7-3)72-94-98(87,88)92-68-73(80)67-91-97(85,86)93-71-74(95-78(83)65-61-57-53-49-43-28-24-20-16-12-8-4)69-89-76(81)63-59-55-51-47-44-40-37-33-30-26-22-18-14-10-6-2/h9-10,13-14,20-22,24-26,32-35,37-39,41,44,47,73-75,80H,5-8,11-12,15-19,23,27-31,36,40,42-43,45-46,48-72H2,1-4H3,(H,85,86)(H,87,88)/b13-9-,14-10-,24-20-,25-21-,26-22-,35-32-,37-33-,38-34-,41-39-,47-44-. The molecule has 0 spiro atoms. The molecule has 0 aromatic heterocycles. The van der Waals surface area contributed by atoms with Gasteiger partial charge in [0.15, 0.2) is 12.2 Å². The molecule has 0 aromatic rings. The number of carbonyl (C=O) groups excluding carboxylic acids is 4. The summed E-state index contributed by atoms with van der Waals surface area (Å²) < 4.78 is 68.3. The van der Waals surface area contributed by atoms with Gasteiger partial charge in [-0.15, -0.1) is 0 Å². The normalized spacial score (nSPS) is 14.6. The van der Waals surface area contributed by atoms with Gasteiger partial charge in [0, 0.05) is 25.7 Å². The predicted octanol–water partition coefficient (Wildman–Crippen LogP) is 21.6. The van der Waals surface area contributed by atoms with Crippen LogP contribution in [-0.4, -0.2) is 96.7 Å². The van der Waals surface area contributed by atoms with Crippen LogP contribution in [-0.2, 0) is 65.4 Å². The van der Waals surface area contributed by atoms with Crippen LogP contribution in [0.15, 0.2) is 122 Å². The van der Waals surface area contributed by atoms with Crippen LogP contribution in [0.25, 0.3) is 0 Å². The molecule has 19 heteroatoms. The van der Waals surface area contributed by atoms with E-state index in [0.717, 1.165) is 167 Å². The first-order valence-corrected chi connectivity index (χ1v) is 40.8. The summed E-state index contributed by atoms with van der Waals surface area (Å²) in [6.45, 7) is 4.50. The molecule has 0 rings (SSSR count). The third-order valence-electron chi connectivity index (χ3n) is 15.4. The molecule has 0 saturated carbocycles. The minimum atomic E-state index is -4.99. The van der Waals surface area contributed by atoms with E-state index in [2.05, 4.69) is 149 Å². The van der Waals surface area contributed by atoms with Crippen molar-refractivity contribution in [2.24, 2.45) is 0 Å². The fourth-order valence-corrected chi connectivity index (χ4v) is 11.2. The van der Waals surface area contributed by atoms with Gasteiger partial charge in [0.2, 0.25) is 0 Å². The summed E-state index contributed by atoms with van der Waals surface area (Å²) in [5.74, 6) is -2.27. The molecular formula is C79H134O17P2. The van der Waals surface area contributed by atoms with E-state index in [-0.39, 0.29) is 25.7 Å². The third-order valence-corrected chi connectivity index (χ3v) is 17.3. The van der Waals surface area contributed by atoms with Crippen LogP contribution in [0.2, 0.25) is 0 Å². The number of phosphoric ester groups is 2. The number of hydrogen-bond donors (Lipinski definition) is 3. The number of allylic oxidation sites excluding steroid dienone is 20. The van der Waals surface area contributed by atoms with Crippen molar-refractivity contribution in [2.75, 3.05) is 39.6 Å². The van der Waals surface area contributed by atoms with E-state index in [4.69, 9.17) is 37.0 Å². The van der Waals surface area contributed by atoms with Crippen LogP contribution in [0.3, 0.4) is 0 Å². The van der Waals surface area contributed by atoms with Gasteiger partial charge in [0.05, 0.1) is 26.4 Å². The predicted molar refractivity (Wildman–Crippen MR) is 399 cm³/mol. The number of carbonyl (C=O) groups is 4. The second kappa shape index (κ2) is 70.9. The summed E-state index contributed by atoms with van der Waals surface area (Å²) in [7, 11) is -9.97.